The second-order valence-corrected chi connectivity index (χ2v) is 3.98. The van der Waals surface area contributed by atoms with Crippen LogP contribution in [0, 0.1) is 0 Å². The van der Waals surface area contributed by atoms with Crippen LogP contribution < -0.4 is 5.32 Å². The maximum Gasteiger partial charge on any atom is 0.0458 e. The van der Waals surface area contributed by atoms with Crippen LogP contribution in [0.3, 0.4) is 0 Å². The molecule has 0 spiro atoms. The molecule has 1 N–H and O–H groups in total. The molecule has 3 heteroatoms. The second-order valence-electron chi connectivity index (χ2n) is 3.37. The molecule has 0 aliphatic carbocycles. The normalized spacial score (nSPS) is 13.8. The molecule has 0 rings (SSSR count). The number of nitrogens with zero attached hydrogens (tertiary/aromatic N) is 1. The van der Waals surface area contributed by atoms with Crippen molar-refractivity contribution in [1.29, 1.82) is 0 Å². The molecule has 0 saturated carbocycles. The second kappa shape index (κ2) is 7.84. The summed E-state index contributed by atoms with van der Waals surface area (Å²) < 4.78 is 0. The van der Waals surface area contributed by atoms with Crippen LogP contribution in [0.15, 0.2) is 0 Å². The molecule has 1 atom stereocenters. The fourth-order valence-electron chi connectivity index (χ4n) is 0.923. The zero-order valence-corrected chi connectivity index (χ0v) is 9.19. The first-order valence-electron chi connectivity index (χ1n) is 4.66. The Labute approximate surface area is 81.3 Å². The Bertz CT molecular complexity index is 96.5. The zero-order valence-electron chi connectivity index (χ0n) is 8.44. The van der Waals surface area contributed by atoms with Crippen LogP contribution in [0.2, 0.25) is 0 Å². The first kappa shape index (κ1) is 12.2. The van der Waals surface area contributed by atoms with Crippen molar-refractivity contribution in [2.75, 3.05) is 33.7 Å². The lowest BCUT2D eigenvalue weighted by atomic mass is 10.3. The quantitative estimate of drug-likeness (QED) is 0.487. The van der Waals surface area contributed by atoms with E-state index in [0.717, 1.165) is 26.1 Å². The Morgan fingerprint density at radius 1 is 1.42 bits per heavy atom. The molecule has 0 aliphatic rings. The summed E-state index contributed by atoms with van der Waals surface area (Å²) in [4.78, 5) is 2.19. The first-order chi connectivity index (χ1) is 5.66. The van der Waals surface area contributed by atoms with E-state index in [-0.39, 0.29) is 0 Å². The molecule has 0 aromatic rings. The Balaban J connectivity index is 3.00. The summed E-state index contributed by atoms with van der Waals surface area (Å²) in [6.45, 7) is 5.26. The molecule has 12 heavy (non-hydrogen) atoms. The Kier molecular flexibility index (Phi) is 7.98. The molecule has 0 aliphatic heterocycles. The summed E-state index contributed by atoms with van der Waals surface area (Å²) in [5.74, 6) is 0. The maximum absolute atomic E-state index is 5.93. The molecular weight excluding hydrogens is 172 g/mol. The number of hydrogen-bond acceptors (Lipinski definition) is 2. The molecule has 2 nitrogen and oxygen atoms in total. The van der Waals surface area contributed by atoms with Gasteiger partial charge in [-0.1, -0.05) is 6.92 Å². The van der Waals surface area contributed by atoms with Gasteiger partial charge in [0.1, 0.15) is 0 Å². The molecule has 0 saturated heterocycles. The van der Waals surface area contributed by atoms with Crippen molar-refractivity contribution in [1.82, 2.24) is 10.2 Å². The molecule has 74 valence electrons. The van der Waals surface area contributed by atoms with Gasteiger partial charge in [0, 0.05) is 11.9 Å². The summed E-state index contributed by atoms with van der Waals surface area (Å²) in [5, 5.41) is 3.63. The van der Waals surface area contributed by atoms with Gasteiger partial charge in [0.15, 0.2) is 0 Å². The van der Waals surface area contributed by atoms with Crippen LogP contribution in [0.5, 0.6) is 0 Å². The van der Waals surface area contributed by atoms with E-state index in [1.807, 2.05) is 0 Å². The molecule has 0 heterocycles. The molecular formula is C9H21ClN2. The van der Waals surface area contributed by atoms with E-state index in [4.69, 9.17) is 11.6 Å². The monoisotopic (exact) mass is 192 g/mol. The van der Waals surface area contributed by atoms with Crippen LogP contribution in [0.25, 0.3) is 0 Å². The van der Waals surface area contributed by atoms with Crippen LogP contribution in [-0.2, 0) is 0 Å². The van der Waals surface area contributed by atoms with Crippen molar-refractivity contribution < 1.29 is 0 Å². The van der Waals surface area contributed by atoms with Gasteiger partial charge in [-0.25, -0.2) is 0 Å². The first-order valence-corrected chi connectivity index (χ1v) is 5.10. The summed E-state index contributed by atoms with van der Waals surface area (Å²) in [5.41, 5.74) is 0. The molecule has 0 radical (unpaired) electrons. The third-order valence-corrected chi connectivity index (χ3v) is 2.23. The smallest absolute Gasteiger partial charge is 0.0458 e. The lowest BCUT2D eigenvalue weighted by Crippen LogP contribution is -2.26. The molecule has 0 aromatic carbocycles. The van der Waals surface area contributed by atoms with Crippen LogP contribution in [0.4, 0.5) is 0 Å². The van der Waals surface area contributed by atoms with Gasteiger partial charge in [0.05, 0.1) is 0 Å². The Morgan fingerprint density at radius 2 is 2.08 bits per heavy atom. The average Bonchev–Trinajstić information content (AvgIpc) is 2.03. The maximum atomic E-state index is 5.93. The number of alkyl halides is 1. The molecule has 1 unspecified atom stereocenters. The number of halogens is 1. The summed E-state index contributed by atoms with van der Waals surface area (Å²) in [7, 11) is 4.19. The van der Waals surface area contributed by atoms with Gasteiger partial charge < -0.3 is 10.2 Å². The van der Waals surface area contributed by atoms with E-state index in [2.05, 4.69) is 31.2 Å². The van der Waals surface area contributed by atoms with E-state index in [9.17, 15) is 0 Å². The van der Waals surface area contributed by atoms with Crippen molar-refractivity contribution >= 4 is 11.6 Å². The lowest BCUT2D eigenvalue weighted by Gasteiger charge is -2.11. The minimum absolute atomic E-state index is 0.296. The van der Waals surface area contributed by atoms with E-state index in [1.54, 1.807) is 0 Å². The fraction of sp³-hybridized carbons (Fsp3) is 1.00. The standard InChI is InChI=1S/C9H21ClN2/c1-4-9(10)8-11-6-5-7-12(2)3/h9,11H,4-8H2,1-3H3. The topological polar surface area (TPSA) is 15.3 Å². The zero-order chi connectivity index (χ0) is 9.40. The van der Waals surface area contributed by atoms with Gasteiger partial charge in [-0.3, -0.25) is 0 Å². The fourth-order valence-corrected chi connectivity index (χ4v) is 1.03. The van der Waals surface area contributed by atoms with Crippen molar-refractivity contribution in [3.05, 3.63) is 0 Å². The highest BCUT2D eigenvalue weighted by Crippen LogP contribution is 1.97. The molecule has 0 aromatic heterocycles. The van der Waals surface area contributed by atoms with Gasteiger partial charge in [-0.05, 0) is 40.0 Å². The highest BCUT2D eigenvalue weighted by Gasteiger charge is 1.98. The number of nitrogens with one attached hydrogen (secondary N) is 1. The van der Waals surface area contributed by atoms with Gasteiger partial charge >= 0.3 is 0 Å². The van der Waals surface area contributed by atoms with Crippen molar-refractivity contribution in [2.45, 2.75) is 25.1 Å². The van der Waals surface area contributed by atoms with Crippen molar-refractivity contribution in [3.8, 4) is 0 Å². The molecule has 0 amide bonds. The van der Waals surface area contributed by atoms with Crippen LogP contribution in [-0.4, -0.2) is 44.0 Å². The minimum Gasteiger partial charge on any atom is -0.315 e. The Morgan fingerprint density at radius 3 is 2.58 bits per heavy atom. The van der Waals surface area contributed by atoms with Crippen LogP contribution >= 0.6 is 11.6 Å². The Hall–Kier alpha value is 0.210. The summed E-state index contributed by atoms with van der Waals surface area (Å²) in [6, 6.07) is 0. The average molecular weight is 193 g/mol. The van der Waals surface area contributed by atoms with Gasteiger partial charge in [0.2, 0.25) is 0 Å². The van der Waals surface area contributed by atoms with Gasteiger partial charge in [-0.15, -0.1) is 11.6 Å². The highest BCUT2D eigenvalue weighted by molar-refractivity contribution is 6.20. The summed E-state index contributed by atoms with van der Waals surface area (Å²) >= 11 is 5.93. The number of rotatable bonds is 7. The third-order valence-electron chi connectivity index (χ3n) is 1.77. The van der Waals surface area contributed by atoms with E-state index in [0.29, 0.717) is 5.38 Å². The van der Waals surface area contributed by atoms with Crippen molar-refractivity contribution in [3.63, 3.8) is 0 Å². The third kappa shape index (κ3) is 8.31. The SMILES string of the molecule is CCC(Cl)CNCCCN(C)C. The van der Waals surface area contributed by atoms with Gasteiger partial charge in [0.25, 0.3) is 0 Å². The van der Waals surface area contributed by atoms with Gasteiger partial charge in [-0.2, -0.15) is 0 Å². The predicted octanol–water partition coefficient (Wildman–Crippen LogP) is 1.55. The van der Waals surface area contributed by atoms with E-state index in [1.165, 1.54) is 6.42 Å². The van der Waals surface area contributed by atoms with Crippen molar-refractivity contribution in [2.24, 2.45) is 0 Å². The summed E-state index contributed by atoms with van der Waals surface area (Å²) in [6.07, 6.45) is 2.24. The van der Waals surface area contributed by atoms with E-state index >= 15 is 0 Å². The molecule has 0 bridgehead atoms. The largest absolute Gasteiger partial charge is 0.315 e. The van der Waals surface area contributed by atoms with E-state index < -0.39 is 0 Å². The highest BCUT2D eigenvalue weighted by atomic mass is 35.5. The number of hydrogen-bond donors (Lipinski definition) is 1. The predicted molar refractivity (Wildman–Crippen MR) is 56.0 cm³/mol. The minimum atomic E-state index is 0.296. The lowest BCUT2D eigenvalue weighted by molar-refractivity contribution is 0.394. The molecule has 0 fully saturated rings. The van der Waals surface area contributed by atoms with Crippen LogP contribution in [0.1, 0.15) is 19.8 Å².